The van der Waals surface area contributed by atoms with E-state index < -0.39 is 10.0 Å². The molecule has 0 spiro atoms. The largest absolute Gasteiger partial charge is 0.486 e. The van der Waals surface area contributed by atoms with Crippen molar-refractivity contribution >= 4 is 21.6 Å². The Morgan fingerprint density at radius 2 is 1.85 bits per heavy atom. The van der Waals surface area contributed by atoms with Gasteiger partial charge in [-0.25, -0.2) is 13.1 Å². The minimum absolute atomic E-state index is 0.0000786. The van der Waals surface area contributed by atoms with Crippen molar-refractivity contribution in [3.05, 3.63) is 17.2 Å². The summed E-state index contributed by atoms with van der Waals surface area (Å²) in [6.45, 7) is 4.40. The number of rotatable bonds is 6. The first-order chi connectivity index (χ1) is 9.54. The van der Waals surface area contributed by atoms with Gasteiger partial charge in [0.2, 0.25) is 10.0 Å². The summed E-state index contributed by atoms with van der Waals surface area (Å²) >= 11 is 6.02. The number of hydrogen-bond acceptors (Lipinski definition) is 5. The third-order valence-corrected chi connectivity index (χ3v) is 4.66. The maximum atomic E-state index is 12.2. The first kappa shape index (κ1) is 15.4. The number of hydrogen-bond donors (Lipinski definition) is 2. The second-order valence-corrected chi connectivity index (χ2v) is 6.32. The molecule has 1 heterocycles. The van der Waals surface area contributed by atoms with Crippen LogP contribution in [0.1, 0.15) is 6.92 Å². The molecule has 8 heteroatoms. The van der Waals surface area contributed by atoms with Gasteiger partial charge in [-0.1, -0.05) is 18.5 Å². The van der Waals surface area contributed by atoms with E-state index in [2.05, 4.69) is 10.0 Å². The van der Waals surface area contributed by atoms with Crippen molar-refractivity contribution in [1.29, 1.82) is 0 Å². The number of likely N-dealkylation sites (N-methyl/N-ethyl adjacent to an activating group) is 1. The van der Waals surface area contributed by atoms with Crippen LogP contribution in [0, 0.1) is 0 Å². The average molecular weight is 321 g/mol. The van der Waals surface area contributed by atoms with Crippen LogP contribution in [0.4, 0.5) is 0 Å². The molecule has 6 nitrogen and oxygen atoms in total. The van der Waals surface area contributed by atoms with E-state index in [9.17, 15) is 8.42 Å². The summed E-state index contributed by atoms with van der Waals surface area (Å²) in [5.41, 5.74) is 0. The summed E-state index contributed by atoms with van der Waals surface area (Å²) in [6.07, 6.45) is 0. The summed E-state index contributed by atoms with van der Waals surface area (Å²) in [5.74, 6) is 0.862. The van der Waals surface area contributed by atoms with E-state index >= 15 is 0 Å². The third kappa shape index (κ3) is 3.54. The maximum Gasteiger partial charge on any atom is 0.242 e. The van der Waals surface area contributed by atoms with Gasteiger partial charge in [-0.15, -0.1) is 0 Å². The molecular formula is C12H17ClN2O4S. The Bertz CT molecular complexity index is 577. The molecule has 0 atom stereocenters. The van der Waals surface area contributed by atoms with Gasteiger partial charge in [0.25, 0.3) is 0 Å². The summed E-state index contributed by atoms with van der Waals surface area (Å²) < 4.78 is 37.6. The third-order valence-electron chi connectivity index (χ3n) is 2.73. The normalized spacial score (nSPS) is 14.3. The standard InChI is InChI=1S/C12H17ClN2O4S/c1-2-14-3-4-15-20(16,17)12-8-11-10(7-9(12)13)18-5-6-19-11/h7-8,14-15H,2-6H2,1H3. The molecular weight excluding hydrogens is 304 g/mol. The van der Waals surface area contributed by atoms with Crippen molar-refractivity contribution in [3.63, 3.8) is 0 Å². The number of halogens is 1. The SMILES string of the molecule is CCNCCNS(=O)(=O)c1cc2c(cc1Cl)OCCO2. The molecule has 0 radical (unpaired) electrons. The van der Waals surface area contributed by atoms with Crippen LogP contribution in [0.2, 0.25) is 5.02 Å². The fraction of sp³-hybridized carbons (Fsp3) is 0.500. The molecule has 1 aromatic rings. The summed E-state index contributed by atoms with van der Waals surface area (Å²) in [7, 11) is -3.66. The van der Waals surface area contributed by atoms with Crippen LogP contribution in [-0.4, -0.2) is 41.3 Å². The molecule has 112 valence electrons. The molecule has 0 amide bonds. The lowest BCUT2D eigenvalue weighted by atomic mass is 10.3. The quantitative estimate of drug-likeness (QED) is 0.765. The highest BCUT2D eigenvalue weighted by Gasteiger charge is 2.22. The zero-order valence-corrected chi connectivity index (χ0v) is 12.7. The van der Waals surface area contributed by atoms with Crippen LogP contribution in [0.3, 0.4) is 0 Å². The van der Waals surface area contributed by atoms with Gasteiger partial charge in [0, 0.05) is 25.2 Å². The molecule has 1 aliphatic rings. The molecule has 20 heavy (non-hydrogen) atoms. The number of sulfonamides is 1. The fourth-order valence-corrected chi connectivity index (χ4v) is 3.34. The van der Waals surface area contributed by atoms with Crippen molar-refractivity contribution in [1.82, 2.24) is 10.0 Å². The molecule has 2 rings (SSSR count). The Labute approximate surface area is 123 Å². The molecule has 0 aromatic heterocycles. The van der Waals surface area contributed by atoms with Gasteiger partial charge < -0.3 is 14.8 Å². The molecule has 1 aliphatic heterocycles. The highest BCUT2D eigenvalue weighted by atomic mass is 35.5. The lowest BCUT2D eigenvalue weighted by Gasteiger charge is -2.19. The minimum atomic E-state index is -3.66. The van der Waals surface area contributed by atoms with E-state index in [-0.39, 0.29) is 9.92 Å². The molecule has 0 saturated heterocycles. The van der Waals surface area contributed by atoms with Gasteiger partial charge in [-0.05, 0) is 6.54 Å². The molecule has 2 N–H and O–H groups in total. The van der Waals surface area contributed by atoms with Crippen LogP contribution >= 0.6 is 11.6 Å². The van der Waals surface area contributed by atoms with Crippen molar-refractivity contribution in [3.8, 4) is 11.5 Å². The second-order valence-electron chi connectivity index (χ2n) is 4.18. The molecule has 1 aromatic carbocycles. The van der Waals surface area contributed by atoms with Crippen molar-refractivity contribution < 1.29 is 17.9 Å². The lowest BCUT2D eigenvalue weighted by Crippen LogP contribution is -2.32. The molecule has 0 saturated carbocycles. The van der Waals surface area contributed by atoms with Crippen LogP contribution in [-0.2, 0) is 10.0 Å². The Hall–Kier alpha value is -1.02. The first-order valence-electron chi connectivity index (χ1n) is 6.34. The molecule has 0 aliphatic carbocycles. The van der Waals surface area contributed by atoms with Crippen molar-refractivity contribution in [2.45, 2.75) is 11.8 Å². The first-order valence-corrected chi connectivity index (χ1v) is 8.20. The predicted molar refractivity (Wildman–Crippen MR) is 76.2 cm³/mol. The van der Waals surface area contributed by atoms with Crippen molar-refractivity contribution in [2.24, 2.45) is 0 Å². The van der Waals surface area contributed by atoms with Gasteiger partial charge in [0.1, 0.15) is 18.1 Å². The average Bonchev–Trinajstić information content (AvgIpc) is 2.43. The van der Waals surface area contributed by atoms with Gasteiger partial charge in [-0.2, -0.15) is 0 Å². The highest BCUT2D eigenvalue weighted by Crippen LogP contribution is 2.37. The maximum absolute atomic E-state index is 12.2. The second kappa shape index (κ2) is 6.62. The lowest BCUT2D eigenvalue weighted by molar-refractivity contribution is 0.171. The van der Waals surface area contributed by atoms with Crippen LogP contribution in [0.25, 0.3) is 0 Å². The zero-order chi connectivity index (χ0) is 14.6. The highest BCUT2D eigenvalue weighted by molar-refractivity contribution is 7.89. The smallest absolute Gasteiger partial charge is 0.242 e. The molecule has 0 unspecified atom stereocenters. The monoisotopic (exact) mass is 320 g/mol. The number of ether oxygens (including phenoxy) is 2. The Balaban J connectivity index is 2.18. The number of fused-ring (bicyclic) bond motifs is 1. The van der Waals surface area contributed by atoms with Crippen LogP contribution in [0.15, 0.2) is 17.0 Å². The number of benzene rings is 1. The predicted octanol–water partition coefficient (Wildman–Crippen LogP) is 0.999. The zero-order valence-electron chi connectivity index (χ0n) is 11.1. The molecule has 0 fully saturated rings. The fourth-order valence-electron chi connectivity index (χ4n) is 1.78. The summed E-state index contributed by atoms with van der Waals surface area (Å²) in [6, 6.07) is 2.86. The van der Waals surface area contributed by atoms with E-state index in [1.165, 1.54) is 12.1 Å². The van der Waals surface area contributed by atoms with Gasteiger partial charge in [-0.3, -0.25) is 0 Å². The summed E-state index contributed by atoms with van der Waals surface area (Å²) in [4.78, 5) is -0.0000786. The van der Waals surface area contributed by atoms with E-state index in [1.807, 2.05) is 6.92 Å². The minimum Gasteiger partial charge on any atom is -0.486 e. The van der Waals surface area contributed by atoms with Crippen LogP contribution in [0.5, 0.6) is 11.5 Å². The van der Waals surface area contributed by atoms with Gasteiger partial charge in [0.05, 0.1) is 5.02 Å². The van der Waals surface area contributed by atoms with Gasteiger partial charge in [0.15, 0.2) is 11.5 Å². The summed E-state index contributed by atoms with van der Waals surface area (Å²) in [5, 5.41) is 3.15. The van der Waals surface area contributed by atoms with E-state index in [4.69, 9.17) is 21.1 Å². The Morgan fingerprint density at radius 3 is 2.50 bits per heavy atom. The van der Waals surface area contributed by atoms with E-state index in [1.54, 1.807) is 0 Å². The van der Waals surface area contributed by atoms with Crippen molar-refractivity contribution in [2.75, 3.05) is 32.8 Å². The topological polar surface area (TPSA) is 76.7 Å². The Kier molecular flexibility index (Phi) is 5.09. The van der Waals surface area contributed by atoms with E-state index in [0.29, 0.717) is 37.8 Å². The molecule has 0 bridgehead atoms. The number of nitrogens with one attached hydrogen (secondary N) is 2. The Morgan fingerprint density at radius 1 is 1.20 bits per heavy atom. The van der Waals surface area contributed by atoms with E-state index in [0.717, 1.165) is 6.54 Å². The van der Waals surface area contributed by atoms with Gasteiger partial charge >= 0.3 is 0 Å². The van der Waals surface area contributed by atoms with Crippen LogP contribution < -0.4 is 19.5 Å².